The van der Waals surface area contributed by atoms with Crippen molar-refractivity contribution < 1.29 is 4.79 Å². The highest BCUT2D eigenvalue weighted by atomic mass is 79.9. The molecule has 1 aromatic rings. The molecule has 0 saturated heterocycles. The average Bonchev–Trinajstić information content (AvgIpc) is 2.36. The first-order chi connectivity index (χ1) is 5.61. The summed E-state index contributed by atoms with van der Waals surface area (Å²) in [5.41, 5.74) is 0.679. The Morgan fingerprint density at radius 3 is 2.92 bits per heavy atom. The van der Waals surface area contributed by atoms with E-state index in [2.05, 4.69) is 21.2 Å². The number of alkyl halides is 1. The van der Waals surface area contributed by atoms with Gasteiger partial charge in [-0.2, -0.15) is 0 Å². The van der Waals surface area contributed by atoms with E-state index >= 15 is 0 Å². The molecule has 1 unspecified atom stereocenters. The van der Waals surface area contributed by atoms with Crippen molar-refractivity contribution in [2.75, 3.05) is 5.32 Å². The zero-order valence-electron chi connectivity index (χ0n) is 6.30. The lowest BCUT2D eigenvalue weighted by molar-refractivity contribution is -0.115. The summed E-state index contributed by atoms with van der Waals surface area (Å²) in [6, 6.07) is 1.78. The van der Waals surface area contributed by atoms with Gasteiger partial charge in [-0.05, 0) is 18.4 Å². The van der Waals surface area contributed by atoms with Crippen LogP contribution in [0.25, 0.3) is 0 Å². The fourth-order valence-corrected chi connectivity index (χ4v) is 1.56. The molecule has 1 heterocycles. The molecule has 0 saturated carbocycles. The fraction of sp³-hybridized carbons (Fsp3) is 0.286. The summed E-state index contributed by atoms with van der Waals surface area (Å²) >= 11 is 10.3. The van der Waals surface area contributed by atoms with Crippen LogP contribution >= 0.6 is 38.9 Å². The molecule has 0 aliphatic carbocycles. The molecule has 1 N–H and O–H groups in total. The zero-order valence-corrected chi connectivity index (χ0v) is 9.46. The number of nitrogens with one attached hydrogen (secondary N) is 1. The Balaban J connectivity index is 2.64. The lowest BCUT2D eigenvalue weighted by Gasteiger charge is -2.04. The van der Waals surface area contributed by atoms with Gasteiger partial charge in [0.25, 0.3) is 0 Å². The van der Waals surface area contributed by atoms with Crippen molar-refractivity contribution in [2.45, 2.75) is 11.8 Å². The van der Waals surface area contributed by atoms with Gasteiger partial charge in [0.05, 0.1) is 10.5 Å². The number of carbonyl (C=O) groups is 1. The first-order valence-corrected chi connectivity index (χ1v) is 5.46. The molecular formula is C7H7BrClNOS. The smallest absolute Gasteiger partial charge is 0.237 e. The number of amides is 1. The van der Waals surface area contributed by atoms with E-state index in [0.717, 1.165) is 0 Å². The van der Waals surface area contributed by atoms with E-state index in [-0.39, 0.29) is 10.7 Å². The summed E-state index contributed by atoms with van der Waals surface area (Å²) < 4.78 is 0.608. The Morgan fingerprint density at radius 1 is 1.83 bits per heavy atom. The number of hydrogen-bond acceptors (Lipinski definition) is 2. The van der Waals surface area contributed by atoms with Crippen molar-refractivity contribution in [3.05, 3.63) is 15.8 Å². The molecular weight excluding hydrogens is 262 g/mol. The average molecular weight is 269 g/mol. The predicted octanol–water partition coefficient (Wildman–Crippen LogP) is 3.12. The van der Waals surface area contributed by atoms with Gasteiger partial charge in [-0.1, -0.05) is 27.5 Å². The van der Waals surface area contributed by atoms with Crippen LogP contribution in [0.3, 0.4) is 0 Å². The van der Waals surface area contributed by atoms with Gasteiger partial charge in [0.2, 0.25) is 5.91 Å². The van der Waals surface area contributed by atoms with Crippen LogP contribution in [0.5, 0.6) is 0 Å². The molecule has 1 atom stereocenters. The maximum Gasteiger partial charge on any atom is 0.237 e. The van der Waals surface area contributed by atoms with Crippen LogP contribution in [0.2, 0.25) is 4.34 Å². The highest BCUT2D eigenvalue weighted by Crippen LogP contribution is 2.27. The number of carbonyl (C=O) groups excluding carboxylic acids is 1. The van der Waals surface area contributed by atoms with Crippen molar-refractivity contribution in [1.82, 2.24) is 0 Å². The van der Waals surface area contributed by atoms with Crippen molar-refractivity contribution in [1.29, 1.82) is 0 Å². The van der Waals surface area contributed by atoms with Crippen molar-refractivity contribution in [2.24, 2.45) is 0 Å². The summed E-state index contributed by atoms with van der Waals surface area (Å²) in [4.78, 5) is 10.9. The minimum absolute atomic E-state index is 0.0877. The molecule has 1 rings (SSSR count). The number of hydrogen-bond donors (Lipinski definition) is 1. The monoisotopic (exact) mass is 267 g/mol. The highest BCUT2D eigenvalue weighted by molar-refractivity contribution is 9.10. The number of anilines is 1. The molecule has 0 aromatic carbocycles. The first-order valence-electron chi connectivity index (χ1n) is 3.29. The van der Waals surface area contributed by atoms with Crippen LogP contribution in [0.15, 0.2) is 11.4 Å². The Labute approximate surface area is 88.0 Å². The summed E-state index contributed by atoms with van der Waals surface area (Å²) in [7, 11) is 0. The maximum atomic E-state index is 11.2. The van der Waals surface area contributed by atoms with E-state index in [1.165, 1.54) is 11.3 Å². The van der Waals surface area contributed by atoms with Gasteiger partial charge in [-0.15, -0.1) is 11.3 Å². The van der Waals surface area contributed by atoms with Crippen LogP contribution in [-0.4, -0.2) is 10.7 Å². The van der Waals surface area contributed by atoms with Gasteiger partial charge >= 0.3 is 0 Å². The van der Waals surface area contributed by atoms with Gasteiger partial charge in [0.1, 0.15) is 4.34 Å². The van der Waals surface area contributed by atoms with Crippen molar-refractivity contribution >= 4 is 50.5 Å². The third-order valence-electron chi connectivity index (χ3n) is 1.24. The van der Waals surface area contributed by atoms with E-state index in [9.17, 15) is 4.79 Å². The Kier molecular flexibility index (Phi) is 3.55. The third-order valence-corrected chi connectivity index (χ3v) is 2.82. The summed E-state index contributed by atoms with van der Waals surface area (Å²) in [6.07, 6.45) is 0. The molecule has 66 valence electrons. The number of halogens is 2. The van der Waals surface area contributed by atoms with E-state index in [0.29, 0.717) is 10.0 Å². The van der Waals surface area contributed by atoms with Crippen molar-refractivity contribution in [3.63, 3.8) is 0 Å². The molecule has 2 nitrogen and oxygen atoms in total. The van der Waals surface area contributed by atoms with Gasteiger partial charge in [-0.3, -0.25) is 4.79 Å². The van der Waals surface area contributed by atoms with Crippen molar-refractivity contribution in [3.8, 4) is 0 Å². The lowest BCUT2D eigenvalue weighted by atomic mass is 10.4. The standard InChI is InChI=1S/C7H7BrClNOS/c1-4(8)7(11)10-5-2-3-12-6(5)9/h2-4H,1H3,(H,10,11). The van der Waals surface area contributed by atoms with E-state index in [1.807, 2.05) is 5.38 Å². The minimum atomic E-state index is -0.200. The lowest BCUT2D eigenvalue weighted by Crippen LogP contribution is -2.19. The Hall–Kier alpha value is -0.0600. The second-order valence-electron chi connectivity index (χ2n) is 2.21. The molecule has 0 spiro atoms. The molecule has 0 radical (unpaired) electrons. The second-order valence-corrected chi connectivity index (χ2v) is 5.10. The number of thiophene rings is 1. The summed E-state index contributed by atoms with van der Waals surface area (Å²) in [5, 5.41) is 4.51. The Morgan fingerprint density at radius 2 is 2.50 bits per heavy atom. The molecule has 0 aliphatic rings. The third kappa shape index (κ3) is 2.47. The van der Waals surface area contributed by atoms with E-state index in [4.69, 9.17) is 11.6 Å². The quantitative estimate of drug-likeness (QED) is 0.821. The summed E-state index contributed by atoms with van der Waals surface area (Å²) in [5.74, 6) is -0.0877. The fourth-order valence-electron chi connectivity index (χ4n) is 0.614. The zero-order chi connectivity index (χ0) is 9.14. The number of rotatable bonds is 2. The highest BCUT2D eigenvalue weighted by Gasteiger charge is 2.10. The maximum absolute atomic E-state index is 11.2. The first kappa shape index (κ1) is 10.0. The van der Waals surface area contributed by atoms with Gasteiger partial charge in [0.15, 0.2) is 0 Å². The molecule has 1 aromatic heterocycles. The van der Waals surface area contributed by atoms with E-state index in [1.54, 1.807) is 13.0 Å². The molecule has 12 heavy (non-hydrogen) atoms. The normalized spacial score (nSPS) is 12.6. The molecule has 0 fully saturated rings. The Bertz CT molecular complexity index is 287. The SMILES string of the molecule is CC(Br)C(=O)Nc1ccsc1Cl. The van der Waals surface area contributed by atoms with Gasteiger partial charge < -0.3 is 5.32 Å². The molecule has 1 amide bonds. The minimum Gasteiger partial charge on any atom is -0.323 e. The second kappa shape index (κ2) is 4.25. The topological polar surface area (TPSA) is 29.1 Å². The van der Waals surface area contributed by atoms with Crippen LogP contribution in [0.1, 0.15) is 6.92 Å². The van der Waals surface area contributed by atoms with Crippen LogP contribution in [0.4, 0.5) is 5.69 Å². The summed E-state index contributed by atoms with van der Waals surface area (Å²) in [6.45, 7) is 1.76. The van der Waals surface area contributed by atoms with Gasteiger partial charge in [0, 0.05) is 0 Å². The predicted molar refractivity (Wildman–Crippen MR) is 56.3 cm³/mol. The largest absolute Gasteiger partial charge is 0.323 e. The molecule has 0 bridgehead atoms. The van der Waals surface area contributed by atoms with E-state index < -0.39 is 0 Å². The molecule has 5 heteroatoms. The van der Waals surface area contributed by atoms with Crippen LogP contribution in [-0.2, 0) is 4.79 Å². The van der Waals surface area contributed by atoms with Crippen LogP contribution < -0.4 is 5.32 Å². The van der Waals surface area contributed by atoms with Crippen LogP contribution in [0, 0.1) is 0 Å². The van der Waals surface area contributed by atoms with Gasteiger partial charge in [-0.25, -0.2) is 0 Å². The molecule has 0 aliphatic heterocycles.